The molecule has 0 saturated heterocycles. The molecule has 0 saturated carbocycles. The van der Waals surface area contributed by atoms with Crippen molar-refractivity contribution in [2.24, 2.45) is 0 Å². The highest BCUT2D eigenvalue weighted by Crippen LogP contribution is 2.40. The Balaban J connectivity index is 2.53. The Morgan fingerprint density at radius 2 is 1.66 bits per heavy atom. The van der Waals surface area contributed by atoms with Crippen LogP contribution in [0.1, 0.15) is 6.92 Å². The van der Waals surface area contributed by atoms with Crippen LogP contribution in [0.25, 0.3) is 0 Å². The fourth-order valence-electron chi connectivity index (χ4n) is 2.54. The van der Waals surface area contributed by atoms with E-state index < -0.39 is 71.8 Å². The van der Waals surface area contributed by atoms with Crippen molar-refractivity contribution >= 4 is 38.7 Å². The normalized spacial score (nSPS) is 14.1. The highest BCUT2D eigenvalue weighted by Gasteiger charge is 2.54. The molecule has 0 heterocycles. The fourth-order valence-corrected chi connectivity index (χ4v) is 4.11. The molecule has 2 aromatic carbocycles. The molecular weight excluding hydrogens is 493 g/mol. The molecule has 0 fully saturated rings. The average molecular weight is 508 g/mol. The minimum atomic E-state index is -5.50. The molecule has 16 heteroatoms. The van der Waals surface area contributed by atoms with Crippen molar-refractivity contribution in [3.63, 3.8) is 0 Å². The van der Waals surface area contributed by atoms with Crippen LogP contribution in [0.3, 0.4) is 0 Å². The van der Waals surface area contributed by atoms with Gasteiger partial charge in [0, 0.05) is 14.0 Å². The number of hydrogen-bond acceptors (Lipinski definition) is 8. The van der Waals surface area contributed by atoms with Crippen LogP contribution in [0.5, 0.6) is 5.75 Å². The number of phenols is 1. The Hall–Kier alpha value is -2.49. The van der Waals surface area contributed by atoms with Crippen molar-refractivity contribution in [3.8, 4) is 5.75 Å². The third-order valence-corrected chi connectivity index (χ3v) is 6.41. The minimum Gasteiger partial charge on any atom is -0.504 e. The average Bonchev–Trinajstić information content (AvgIpc) is 2.65. The van der Waals surface area contributed by atoms with E-state index in [9.17, 15) is 45.1 Å². The summed E-state index contributed by atoms with van der Waals surface area (Å²) in [6.07, 6.45) is -5.50. The number of sulfonamides is 1. The predicted molar refractivity (Wildman–Crippen MR) is 104 cm³/mol. The Morgan fingerprint density at radius 3 is 2.12 bits per heavy atom. The predicted octanol–water partition coefficient (Wildman–Crippen LogP) is 2.57. The van der Waals surface area contributed by atoms with Crippen molar-refractivity contribution in [2.45, 2.75) is 30.0 Å². The van der Waals surface area contributed by atoms with Gasteiger partial charge in [0.05, 0.1) is 17.8 Å². The van der Waals surface area contributed by atoms with E-state index in [1.54, 1.807) is 0 Å². The summed E-state index contributed by atoms with van der Waals surface area (Å²) in [5, 5.41) is 13.3. The SMILES string of the molecule is CON(C)S(=O)(=O)c1c(Cl)ccc(Nc2c(NC(C(C)(F)F)C(F)(F)F)c(=O)c2=O)c1O. The largest absolute Gasteiger partial charge is 0.504 e. The van der Waals surface area contributed by atoms with Gasteiger partial charge in [-0.2, -0.15) is 13.2 Å². The highest BCUT2D eigenvalue weighted by atomic mass is 35.5. The second-order valence-electron chi connectivity index (χ2n) is 6.48. The fraction of sp³-hybridized carbons (Fsp3) is 0.375. The maximum absolute atomic E-state index is 13.4. The topological polar surface area (TPSA) is 125 Å². The lowest BCUT2D eigenvalue weighted by molar-refractivity contribution is -0.192. The smallest absolute Gasteiger partial charge is 0.414 e. The molecule has 9 nitrogen and oxygen atoms in total. The van der Waals surface area contributed by atoms with Crippen LogP contribution in [0.2, 0.25) is 5.02 Å². The molecule has 0 bridgehead atoms. The molecule has 0 spiro atoms. The molecule has 0 aliphatic rings. The van der Waals surface area contributed by atoms with Gasteiger partial charge in [0.1, 0.15) is 16.3 Å². The standard InChI is InChI=1S/C16H15ClF5N3O6S/c1-15(18,19)14(16(20,21)22)24-9-8(11(27)12(9)28)23-7-5-4-6(17)13(10(7)26)32(29,30)25(2)31-3/h4-5,14,23-24,26H,1-3H3. The van der Waals surface area contributed by atoms with Gasteiger partial charge >= 0.3 is 6.18 Å². The van der Waals surface area contributed by atoms with Gasteiger partial charge in [-0.25, -0.2) is 17.2 Å². The number of nitrogens with zero attached hydrogens (tertiary/aromatic N) is 1. The second kappa shape index (κ2) is 8.46. The van der Waals surface area contributed by atoms with Gasteiger partial charge in [0.2, 0.25) is 0 Å². The minimum absolute atomic E-state index is 0.0365. The van der Waals surface area contributed by atoms with Gasteiger partial charge in [-0.3, -0.25) is 14.4 Å². The number of halogens is 6. The van der Waals surface area contributed by atoms with Crippen molar-refractivity contribution in [2.75, 3.05) is 24.8 Å². The Bertz CT molecular complexity index is 1190. The van der Waals surface area contributed by atoms with E-state index in [-0.39, 0.29) is 6.92 Å². The number of hydroxylamine groups is 1. The molecule has 3 N–H and O–H groups in total. The summed E-state index contributed by atoms with van der Waals surface area (Å²) >= 11 is 5.82. The van der Waals surface area contributed by atoms with E-state index in [4.69, 9.17) is 11.6 Å². The number of nitrogens with one attached hydrogen (secondary N) is 2. The van der Waals surface area contributed by atoms with E-state index in [2.05, 4.69) is 10.2 Å². The number of aromatic hydroxyl groups is 1. The lowest BCUT2D eigenvalue weighted by Gasteiger charge is -2.28. The molecule has 0 aliphatic carbocycles. The number of anilines is 3. The molecule has 2 rings (SSSR count). The maximum atomic E-state index is 13.4. The third kappa shape index (κ3) is 4.65. The number of rotatable bonds is 8. The first-order chi connectivity index (χ1) is 14.4. The molecular formula is C16H15ClF5N3O6S. The molecule has 178 valence electrons. The van der Waals surface area contributed by atoms with E-state index in [0.29, 0.717) is 4.47 Å². The first-order valence-electron chi connectivity index (χ1n) is 8.30. The maximum Gasteiger partial charge on any atom is 0.414 e. The van der Waals surface area contributed by atoms with Crippen molar-refractivity contribution < 1.29 is 40.3 Å². The molecule has 0 radical (unpaired) electrons. The molecule has 0 aromatic heterocycles. The van der Waals surface area contributed by atoms with Crippen LogP contribution in [0.15, 0.2) is 26.6 Å². The molecule has 32 heavy (non-hydrogen) atoms. The van der Waals surface area contributed by atoms with Gasteiger partial charge in [-0.05, 0) is 12.1 Å². The van der Waals surface area contributed by atoms with Gasteiger partial charge in [-0.15, -0.1) is 0 Å². The van der Waals surface area contributed by atoms with E-state index in [0.717, 1.165) is 26.3 Å². The van der Waals surface area contributed by atoms with Crippen molar-refractivity contribution in [1.82, 2.24) is 4.47 Å². The zero-order chi connectivity index (χ0) is 24.8. The highest BCUT2D eigenvalue weighted by molar-refractivity contribution is 7.89. The van der Waals surface area contributed by atoms with Crippen molar-refractivity contribution in [3.05, 3.63) is 37.6 Å². The van der Waals surface area contributed by atoms with Crippen LogP contribution in [-0.4, -0.2) is 50.3 Å². The van der Waals surface area contributed by atoms with Crippen LogP contribution in [0.4, 0.5) is 39.0 Å². The molecule has 1 atom stereocenters. The summed E-state index contributed by atoms with van der Waals surface area (Å²) in [6.45, 7) is -0.0365. The third-order valence-electron chi connectivity index (χ3n) is 4.23. The first kappa shape index (κ1) is 25.8. The summed E-state index contributed by atoms with van der Waals surface area (Å²) in [7, 11) is -2.58. The zero-order valence-corrected chi connectivity index (χ0v) is 17.9. The van der Waals surface area contributed by atoms with E-state index in [1.165, 1.54) is 5.32 Å². The summed E-state index contributed by atoms with van der Waals surface area (Å²) < 4.78 is 91.1. The molecule has 2 aromatic rings. The van der Waals surface area contributed by atoms with Crippen LogP contribution < -0.4 is 21.5 Å². The van der Waals surface area contributed by atoms with Crippen LogP contribution in [0, 0.1) is 0 Å². The number of hydrogen-bond donors (Lipinski definition) is 3. The van der Waals surface area contributed by atoms with E-state index in [1.807, 2.05) is 0 Å². The van der Waals surface area contributed by atoms with E-state index >= 15 is 0 Å². The molecule has 0 aliphatic heterocycles. The van der Waals surface area contributed by atoms with Crippen LogP contribution in [-0.2, 0) is 14.9 Å². The zero-order valence-electron chi connectivity index (χ0n) is 16.3. The number of phenolic OH excluding ortho intramolecular Hbond substituents is 1. The molecule has 1 unspecified atom stereocenters. The lowest BCUT2D eigenvalue weighted by Crippen LogP contribution is -2.51. The summed E-state index contributed by atoms with van der Waals surface area (Å²) in [4.78, 5) is 27.2. The van der Waals surface area contributed by atoms with Gasteiger partial charge in [-0.1, -0.05) is 16.1 Å². The Labute approximate surface area is 182 Å². The Morgan fingerprint density at radius 1 is 1.12 bits per heavy atom. The second-order valence-corrected chi connectivity index (χ2v) is 8.76. The summed E-state index contributed by atoms with van der Waals surface area (Å²) in [5.41, 5.74) is -5.49. The lowest BCUT2D eigenvalue weighted by atomic mass is 10.1. The summed E-state index contributed by atoms with van der Waals surface area (Å²) in [6, 6.07) is -1.61. The summed E-state index contributed by atoms with van der Waals surface area (Å²) in [5.74, 6) is -5.45. The number of alkyl halides is 5. The quantitative estimate of drug-likeness (QED) is 0.215. The van der Waals surface area contributed by atoms with Crippen LogP contribution >= 0.6 is 11.6 Å². The van der Waals surface area contributed by atoms with Gasteiger partial charge < -0.3 is 15.7 Å². The Kier molecular flexibility index (Phi) is 6.81. The van der Waals surface area contributed by atoms with Gasteiger partial charge in [0.15, 0.2) is 11.8 Å². The van der Waals surface area contributed by atoms with Crippen molar-refractivity contribution in [1.29, 1.82) is 0 Å². The van der Waals surface area contributed by atoms with Gasteiger partial charge in [0.25, 0.3) is 26.8 Å². The molecule has 0 amide bonds. The first-order valence-corrected chi connectivity index (χ1v) is 10.1. The monoisotopic (exact) mass is 507 g/mol. The number of benzene rings is 1.